The number of hydrogen-bond acceptors (Lipinski definition) is 3. The number of hydrogen-bond donors (Lipinski definition) is 1. The second kappa shape index (κ2) is 7.30. The maximum absolute atomic E-state index is 12.6. The molecule has 0 unspecified atom stereocenters. The first-order valence-corrected chi connectivity index (χ1v) is 9.60. The van der Waals surface area contributed by atoms with E-state index in [0.29, 0.717) is 17.2 Å². The number of carbonyl (C=O) groups is 1. The van der Waals surface area contributed by atoms with E-state index >= 15 is 0 Å². The Balaban J connectivity index is 2.02. The van der Waals surface area contributed by atoms with E-state index in [1.54, 1.807) is 6.92 Å². The Morgan fingerprint density at radius 1 is 1.07 bits per heavy atom. The molecule has 4 nitrogen and oxygen atoms in total. The van der Waals surface area contributed by atoms with Crippen LogP contribution in [0.5, 0.6) is 0 Å². The maximum Gasteiger partial charge on any atom is 0.340 e. The lowest BCUT2D eigenvalue weighted by atomic mass is 9.97. The average Bonchev–Trinajstić information content (AvgIpc) is 2.98. The maximum atomic E-state index is 12.6. The number of nitrogens with zero attached hydrogens (tertiary/aromatic N) is 1. The Hall–Kier alpha value is -2.82. The number of esters is 1. The lowest BCUT2D eigenvalue weighted by molar-refractivity contribution is 0.0527. The van der Waals surface area contributed by atoms with Crippen molar-refractivity contribution in [2.75, 3.05) is 6.61 Å². The fourth-order valence-electron chi connectivity index (χ4n) is 3.84. The van der Waals surface area contributed by atoms with Gasteiger partial charge in [0.2, 0.25) is 0 Å². The van der Waals surface area contributed by atoms with Gasteiger partial charge in [-0.05, 0) is 35.4 Å². The molecule has 0 amide bonds. The predicted octanol–water partition coefficient (Wildman–Crippen LogP) is 5.29. The van der Waals surface area contributed by atoms with Crippen LogP contribution in [-0.4, -0.2) is 17.1 Å². The SMILES string of the molecule is CCOC(=O)c1c(CN)n(C)c2cc(-c3cccc4ccccc34)c(Cl)cc12. The molecule has 0 spiro atoms. The lowest BCUT2D eigenvalue weighted by Gasteiger charge is -2.10. The van der Waals surface area contributed by atoms with E-state index in [0.717, 1.165) is 38.5 Å². The molecule has 3 aromatic carbocycles. The van der Waals surface area contributed by atoms with Gasteiger partial charge in [0.1, 0.15) is 0 Å². The van der Waals surface area contributed by atoms with Gasteiger partial charge >= 0.3 is 5.97 Å². The Morgan fingerprint density at radius 2 is 1.82 bits per heavy atom. The minimum Gasteiger partial charge on any atom is -0.462 e. The van der Waals surface area contributed by atoms with Gasteiger partial charge in [-0.25, -0.2) is 4.79 Å². The van der Waals surface area contributed by atoms with E-state index in [2.05, 4.69) is 24.3 Å². The zero-order valence-corrected chi connectivity index (χ0v) is 16.6. The molecule has 28 heavy (non-hydrogen) atoms. The quantitative estimate of drug-likeness (QED) is 0.480. The van der Waals surface area contributed by atoms with Gasteiger partial charge in [0, 0.05) is 40.8 Å². The minimum absolute atomic E-state index is 0.237. The van der Waals surface area contributed by atoms with Crippen LogP contribution in [-0.2, 0) is 18.3 Å². The topological polar surface area (TPSA) is 57.2 Å². The smallest absolute Gasteiger partial charge is 0.340 e. The van der Waals surface area contributed by atoms with Crippen molar-refractivity contribution in [2.24, 2.45) is 12.8 Å². The summed E-state index contributed by atoms with van der Waals surface area (Å²) in [5, 5.41) is 3.63. The van der Waals surface area contributed by atoms with Gasteiger partial charge in [-0.2, -0.15) is 0 Å². The molecule has 1 heterocycles. The van der Waals surface area contributed by atoms with Crippen LogP contribution < -0.4 is 5.73 Å². The Morgan fingerprint density at radius 3 is 2.57 bits per heavy atom. The third kappa shape index (κ3) is 2.86. The third-order valence-corrected chi connectivity index (χ3v) is 5.47. The Labute approximate surface area is 168 Å². The van der Waals surface area contributed by atoms with Crippen LogP contribution in [0, 0.1) is 0 Å². The monoisotopic (exact) mass is 392 g/mol. The number of nitrogens with two attached hydrogens (primary N) is 1. The molecule has 0 saturated carbocycles. The molecule has 2 N–H and O–H groups in total. The normalized spacial score (nSPS) is 11.3. The molecule has 0 aliphatic carbocycles. The number of carbonyl (C=O) groups excluding carboxylic acids is 1. The number of rotatable bonds is 4. The summed E-state index contributed by atoms with van der Waals surface area (Å²) in [4.78, 5) is 12.6. The molecule has 1 aromatic heterocycles. The van der Waals surface area contributed by atoms with E-state index in [-0.39, 0.29) is 12.5 Å². The fourth-order valence-corrected chi connectivity index (χ4v) is 4.11. The summed E-state index contributed by atoms with van der Waals surface area (Å²) < 4.78 is 7.20. The summed E-state index contributed by atoms with van der Waals surface area (Å²) >= 11 is 6.70. The standard InChI is InChI=1S/C23H21ClN2O2/c1-3-28-23(27)22-18-11-19(24)17(12-20(18)26(2)21(22)13-25)16-10-6-8-14-7-4-5-9-15(14)16/h4-12H,3,13,25H2,1-2H3. The van der Waals surface area contributed by atoms with E-state index in [1.165, 1.54) is 0 Å². The second-order valence-electron chi connectivity index (χ2n) is 6.68. The summed E-state index contributed by atoms with van der Waals surface area (Å²) in [6.45, 7) is 2.33. The Kier molecular flexibility index (Phi) is 4.84. The number of benzene rings is 3. The van der Waals surface area contributed by atoms with Crippen LogP contribution in [0.25, 0.3) is 32.8 Å². The lowest BCUT2D eigenvalue weighted by Crippen LogP contribution is -2.12. The largest absolute Gasteiger partial charge is 0.462 e. The van der Waals surface area contributed by atoms with Crippen LogP contribution in [0.15, 0.2) is 54.6 Å². The minimum atomic E-state index is -0.373. The van der Waals surface area contributed by atoms with E-state index in [9.17, 15) is 4.79 Å². The van der Waals surface area contributed by atoms with Crippen molar-refractivity contribution < 1.29 is 9.53 Å². The van der Waals surface area contributed by atoms with Gasteiger partial charge in [-0.3, -0.25) is 0 Å². The van der Waals surface area contributed by atoms with Gasteiger partial charge in [0.05, 0.1) is 12.2 Å². The number of aryl methyl sites for hydroxylation is 1. The van der Waals surface area contributed by atoms with Crippen molar-refractivity contribution in [3.63, 3.8) is 0 Å². The van der Waals surface area contributed by atoms with Crippen LogP contribution >= 0.6 is 11.6 Å². The van der Waals surface area contributed by atoms with E-state index < -0.39 is 0 Å². The molecule has 0 atom stereocenters. The summed E-state index contributed by atoms with van der Waals surface area (Å²) in [7, 11) is 1.91. The highest BCUT2D eigenvalue weighted by Crippen LogP contribution is 2.38. The van der Waals surface area contributed by atoms with Gasteiger partial charge in [0.25, 0.3) is 0 Å². The van der Waals surface area contributed by atoms with E-state index in [4.69, 9.17) is 22.1 Å². The van der Waals surface area contributed by atoms with Crippen LogP contribution in [0.3, 0.4) is 0 Å². The van der Waals surface area contributed by atoms with Crippen LogP contribution in [0.2, 0.25) is 5.02 Å². The Bertz CT molecular complexity index is 1210. The molecule has 0 saturated heterocycles. The molecule has 0 aliphatic heterocycles. The summed E-state index contributed by atoms with van der Waals surface area (Å²) in [6.07, 6.45) is 0. The highest BCUT2D eigenvalue weighted by Gasteiger charge is 2.23. The summed E-state index contributed by atoms with van der Waals surface area (Å²) in [5.74, 6) is -0.373. The summed E-state index contributed by atoms with van der Waals surface area (Å²) in [5.41, 5.74) is 10.1. The number of fused-ring (bicyclic) bond motifs is 2. The van der Waals surface area contributed by atoms with Crippen molar-refractivity contribution in [3.05, 3.63) is 70.9 Å². The first-order chi connectivity index (χ1) is 13.6. The third-order valence-electron chi connectivity index (χ3n) is 5.16. The van der Waals surface area contributed by atoms with Crippen LogP contribution in [0.1, 0.15) is 23.0 Å². The molecule has 0 bridgehead atoms. The van der Waals surface area contributed by atoms with Gasteiger partial charge in [-0.1, -0.05) is 54.1 Å². The predicted molar refractivity (Wildman–Crippen MR) is 115 cm³/mol. The molecule has 5 heteroatoms. The molecule has 0 aliphatic rings. The molecule has 0 fully saturated rings. The van der Waals surface area contributed by atoms with Crippen molar-refractivity contribution in [1.82, 2.24) is 4.57 Å². The zero-order chi connectivity index (χ0) is 19.8. The molecule has 142 valence electrons. The van der Waals surface area contributed by atoms with Crippen molar-refractivity contribution in [1.29, 1.82) is 0 Å². The first-order valence-electron chi connectivity index (χ1n) is 9.23. The molecule has 0 radical (unpaired) electrons. The number of halogens is 1. The first kappa shape index (κ1) is 18.5. The number of aromatic nitrogens is 1. The van der Waals surface area contributed by atoms with Gasteiger partial charge in [0.15, 0.2) is 0 Å². The molecule has 4 rings (SSSR count). The van der Waals surface area contributed by atoms with Crippen LogP contribution in [0.4, 0.5) is 0 Å². The zero-order valence-electron chi connectivity index (χ0n) is 15.8. The van der Waals surface area contributed by atoms with E-state index in [1.807, 2.05) is 41.9 Å². The second-order valence-corrected chi connectivity index (χ2v) is 7.09. The van der Waals surface area contributed by atoms with Gasteiger partial charge in [-0.15, -0.1) is 0 Å². The van der Waals surface area contributed by atoms with Gasteiger partial charge < -0.3 is 15.0 Å². The fraction of sp³-hybridized carbons (Fsp3) is 0.174. The average molecular weight is 393 g/mol. The van der Waals surface area contributed by atoms with Crippen molar-refractivity contribution >= 4 is 39.2 Å². The molecular formula is C23H21ClN2O2. The highest BCUT2D eigenvalue weighted by atomic mass is 35.5. The number of ether oxygens (including phenoxy) is 1. The molecule has 4 aromatic rings. The van der Waals surface area contributed by atoms with Crippen molar-refractivity contribution in [2.45, 2.75) is 13.5 Å². The van der Waals surface area contributed by atoms with Crippen molar-refractivity contribution in [3.8, 4) is 11.1 Å². The highest BCUT2D eigenvalue weighted by molar-refractivity contribution is 6.35. The molecular weight excluding hydrogens is 372 g/mol. The summed E-state index contributed by atoms with van der Waals surface area (Å²) in [6, 6.07) is 18.3.